The molecule has 0 saturated carbocycles. The summed E-state index contributed by atoms with van der Waals surface area (Å²) in [5, 5.41) is 7.45. The molecular formula is C31H38FN7O4. The Balaban J connectivity index is 1.26. The molecule has 0 atom stereocenters. The molecule has 2 aromatic carbocycles. The SMILES string of the molecule is CN(C)CCN1CCC(N(C)C(=O)Nc2cc(Oc3ccc(NC(=O)NC(=O)Cc4ccccc4)cc3F)ccn2)CC1. The Morgan fingerprint density at radius 3 is 2.44 bits per heavy atom. The van der Waals surface area contributed by atoms with Gasteiger partial charge < -0.3 is 24.8 Å². The summed E-state index contributed by atoms with van der Waals surface area (Å²) in [6, 6.07) is 15.0. The number of ether oxygens (including phenoxy) is 1. The summed E-state index contributed by atoms with van der Waals surface area (Å²) in [6.07, 6.45) is 3.28. The highest BCUT2D eigenvalue weighted by Crippen LogP contribution is 2.28. The predicted octanol–water partition coefficient (Wildman–Crippen LogP) is 4.39. The first kappa shape index (κ1) is 31.4. The highest BCUT2D eigenvalue weighted by atomic mass is 19.1. The lowest BCUT2D eigenvalue weighted by atomic mass is 10.0. The third kappa shape index (κ3) is 9.76. The third-order valence-electron chi connectivity index (χ3n) is 7.13. The van der Waals surface area contributed by atoms with Gasteiger partial charge in [-0.1, -0.05) is 30.3 Å². The largest absolute Gasteiger partial charge is 0.454 e. The van der Waals surface area contributed by atoms with Crippen molar-refractivity contribution in [3.8, 4) is 11.5 Å². The first-order valence-corrected chi connectivity index (χ1v) is 14.2. The number of nitrogens with one attached hydrogen (secondary N) is 3. The van der Waals surface area contributed by atoms with E-state index in [0.717, 1.165) is 50.7 Å². The van der Waals surface area contributed by atoms with Crippen LogP contribution in [0.5, 0.6) is 11.5 Å². The fourth-order valence-corrected chi connectivity index (χ4v) is 4.68. The van der Waals surface area contributed by atoms with Crippen molar-refractivity contribution in [3.05, 3.63) is 78.2 Å². The topological polar surface area (TPSA) is 119 Å². The molecule has 11 nitrogen and oxygen atoms in total. The number of hydrogen-bond acceptors (Lipinski definition) is 7. The highest BCUT2D eigenvalue weighted by molar-refractivity contribution is 6.01. The third-order valence-corrected chi connectivity index (χ3v) is 7.13. The number of carbonyl (C=O) groups excluding carboxylic acids is 3. The van der Waals surface area contributed by atoms with Crippen LogP contribution in [0, 0.1) is 5.82 Å². The zero-order valence-corrected chi connectivity index (χ0v) is 24.7. The molecule has 0 aliphatic carbocycles. The van der Waals surface area contributed by atoms with Gasteiger partial charge in [0, 0.05) is 63.3 Å². The van der Waals surface area contributed by atoms with Crippen molar-refractivity contribution in [3.63, 3.8) is 0 Å². The van der Waals surface area contributed by atoms with Crippen molar-refractivity contribution in [2.24, 2.45) is 0 Å². The van der Waals surface area contributed by atoms with E-state index < -0.39 is 17.8 Å². The molecule has 228 valence electrons. The molecule has 0 radical (unpaired) electrons. The number of halogens is 1. The zero-order valence-electron chi connectivity index (χ0n) is 24.7. The summed E-state index contributed by atoms with van der Waals surface area (Å²) < 4.78 is 20.5. The van der Waals surface area contributed by atoms with Gasteiger partial charge in [0.2, 0.25) is 5.91 Å². The van der Waals surface area contributed by atoms with E-state index in [1.165, 1.54) is 24.4 Å². The van der Waals surface area contributed by atoms with Gasteiger partial charge in [-0.05, 0) is 50.7 Å². The van der Waals surface area contributed by atoms with E-state index in [4.69, 9.17) is 4.74 Å². The average Bonchev–Trinajstić information content (AvgIpc) is 2.98. The Bertz CT molecular complexity index is 1400. The number of likely N-dealkylation sites (N-methyl/N-ethyl adjacent to an activating group) is 1. The minimum atomic E-state index is -0.775. The van der Waals surface area contributed by atoms with Gasteiger partial charge in [-0.15, -0.1) is 0 Å². The molecule has 43 heavy (non-hydrogen) atoms. The van der Waals surface area contributed by atoms with E-state index in [1.54, 1.807) is 42.3 Å². The van der Waals surface area contributed by atoms with E-state index >= 15 is 0 Å². The molecule has 3 aromatic rings. The summed E-state index contributed by atoms with van der Waals surface area (Å²) in [6.45, 7) is 3.89. The van der Waals surface area contributed by atoms with Crippen LogP contribution in [0.2, 0.25) is 0 Å². The Kier molecular flexibility index (Phi) is 11.0. The second-order valence-electron chi connectivity index (χ2n) is 10.7. The smallest absolute Gasteiger partial charge is 0.325 e. The molecule has 1 saturated heterocycles. The van der Waals surface area contributed by atoms with Crippen LogP contribution in [0.1, 0.15) is 18.4 Å². The molecular weight excluding hydrogens is 553 g/mol. The predicted molar refractivity (Wildman–Crippen MR) is 163 cm³/mol. The van der Waals surface area contributed by atoms with E-state index in [0.29, 0.717) is 0 Å². The van der Waals surface area contributed by atoms with Crippen molar-refractivity contribution in [2.45, 2.75) is 25.3 Å². The van der Waals surface area contributed by atoms with Crippen molar-refractivity contribution >= 4 is 29.5 Å². The van der Waals surface area contributed by atoms with Crippen LogP contribution in [0.25, 0.3) is 0 Å². The number of imide groups is 1. The average molecular weight is 592 g/mol. The number of benzene rings is 2. The summed E-state index contributed by atoms with van der Waals surface area (Å²) in [7, 11) is 5.90. The number of hydrogen-bond donors (Lipinski definition) is 3. The Morgan fingerprint density at radius 2 is 1.74 bits per heavy atom. The maximum atomic E-state index is 14.8. The Hall–Kier alpha value is -4.55. The van der Waals surface area contributed by atoms with Gasteiger partial charge in [0.1, 0.15) is 11.6 Å². The first-order valence-electron chi connectivity index (χ1n) is 14.2. The number of anilines is 2. The second-order valence-corrected chi connectivity index (χ2v) is 10.7. The molecule has 1 aliphatic heterocycles. The number of amides is 5. The lowest BCUT2D eigenvalue weighted by Crippen LogP contribution is -2.48. The minimum absolute atomic E-state index is 0.0384. The minimum Gasteiger partial charge on any atom is -0.454 e. The molecule has 5 amide bonds. The molecule has 0 unspecified atom stereocenters. The van der Waals surface area contributed by atoms with Crippen LogP contribution >= 0.6 is 0 Å². The molecule has 3 N–H and O–H groups in total. The van der Waals surface area contributed by atoms with E-state index in [9.17, 15) is 18.8 Å². The summed E-state index contributed by atoms with van der Waals surface area (Å²) in [5.41, 5.74) is 0.905. The van der Waals surface area contributed by atoms with Gasteiger partial charge in [-0.3, -0.25) is 15.4 Å². The van der Waals surface area contributed by atoms with Crippen LogP contribution in [0.3, 0.4) is 0 Å². The lowest BCUT2D eigenvalue weighted by molar-refractivity contribution is -0.119. The normalized spacial score (nSPS) is 13.8. The number of rotatable bonds is 10. The van der Waals surface area contributed by atoms with Gasteiger partial charge in [-0.25, -0.2) is 19.0 Å². The summed E-state index contributed by atoms with van der Waals surface area (Å²) >= 11 is 0. The number of carbonyl (C=O) groups is 3. The van der Waals surface area contributed by atoms with E-state index in [-0.39, 0.29) is 41.5 Å². The highest BCUT2D eigenvalue weighted by Gasteiger charge is 2.25. The zero-order chi connectivity index (χ0) is 30.8. The van der Waals surface area contributed by atoms with Gasteiger partial charge >= 0.3 is 12.1 Å². The number of aromatic nitrogens is 1. The van der Waals surface area contributed by atoms with Crippen molar-refractivity contribution < 1.29 is 23.5 Å². The molecule has 1 aromatic heterocycles. The standard InChI is InChI=1S/C31H38FN7O4/c1-37(2)17-18-39-15-12-24(13-16-39)38(3)31(42)35-28-21-25(11-14-33-28)43-27-10-9-23(20-26(27)32)34-30(41)36-29(40)19-22-7-5-4-6-8-22/h4-11,14,20-21,24H,12-13,15-19H2,1-3H3,(H,33,35,42)(H2,34,36,40,41). The van der Waals surface area contributed by atoms with Crippen LogP contribution in [-0.4, -0.2) is 91.0 Å². The van der Waals surface area contributed by atoms with E-state index in [2.05, 4.69) is 44.8 Å². The number of pyridine rings is 1. The number of urea groups is 2. The molecule has 0 bridgehead atoms. The van der Waals surface area contributed by atoms with Crippen molar-refractivity contribution in [1.29, 1.82) is 0 Å². The van der Waals surface area contributed by atoms with Gasteiger partial charge in [0.25, 0.3) is 0 Å². The second kappa shape index (κ2) is 15.1. The molecule has 1 aliphatic rings. The molecule has 12 heteroatoms. The Labute approximate surface area is 251 Å². The van der Waals surface area contributed by atoms with Gasteiger partial charge in [0.15, 0.2) is 11.6 Å². The molecule has 4 rings (SSSR count). The van der Waals surface area contributed by atoms with Gasteiger partial charge in [-0.2, -0.15) is 0 Å². The number of piperidine rings is 1. The lowest BCUT2D eigenvalue weighted by Gasteiger charge is -2.37. The maximum absolute atomic E-state index is 14.8. The number of likely N-dealkylation sites (tertiary alicyclic amines) is 1. The summed E-state index contributed by atoms with van der Waals surface area (Å²) in [4.78, 5) is 47.7. The van der Waals surface area contributed by atoms with Crippen LogP contribution in [0.4, 0.5) is 25.5 Å². The van der Waals surface area contributed by atoms with Crippen molar-refractivity contribution in [2.75, 3.05) is 58.0 Å². The Morgan fingerprint density at radius 1 is 1.00 bits per heavy atom. The van der Waals surface area contributed by atoms with Gasteiger partial charge in [0.05, 0.1) is 6.42 Å². The van der Waals surface area contributed by atoms with Crippen LogP contribution < -0.4 is 20.7 Å². The fraction of sp³-hybridized carbons (Fsp3) is 0.355. The van der Waals surface area contributed by atoms with E-state index in [1.807, 2.05) is 6.07 Å². The van der Waals surface area contributed by atoms with Crippen LogP contribution in [-0.2, 0) is 11.2 Å². The monoisotopic (exact) mass is 591 g/mol. The fourth-order valence-electron chi connectivity index (χ4n) is 4.68. The number of nitrogens with zero attached hydrogens (tertiary/aromatic N) is 4. The first-order chi connectivity index (χ1) is 20.7. The van der Waals surface area contributed by atoms with Crippen molar-refractivity contribution in [1.82, 2.24) is 25.0 Å². The quantitative estimate of drug-likeness (QED) is 0.320. The summed E-state index contributed by atoms with van der Waals surface area (Å²) in [5.74, 6) is -0.767. The maximum Gasteiger partial charge on any atom is 0.325 e. The van der Waals surface area contributed by atoms with Crippen LogP contribution in [0.15, 0.2) is 66.9 Å². The molecule has 1 fully saturated rings. The molecule has 2 heterocycles. The molecule has 0 spiro atoms.